The third kappa shape index (κ3) is 2.59. The van der Waals surface area contributed by atoms with E-state index in [1.54, 1.807) is 0 Å². The molecular weight excluding hydrogens is 248 g/mol. The van der Waals surface area contributed by atoms with Gasteiger partial charge < -0.3 is 5.73 Å². The standard InChI is InChI=1S/C17H20N2O/c18-11-13-5-3-6-15(13)17(20)10-14-9-8-12-4-1-2-7-16(12)19-14/h1-2,4,7-9,13,15H,3,5-6,10-11,18H2. The van der Waals surface area contributed by atoms with E-state index in [2.05, 4.69) is 4.98 Å². The highest BCUT2D eigenvalue weighted by Crippen LogP contribution is 2.32. The molecule has 3 rings (SSSR count). The van der Waals surface area contributed by atoms with Crippen molar-refractivity contribution in [3.05, 3.63) is 42.1 Å². The normalized spacial score (nSPS) is 22.2. The average Bonchev–Trinajstić information content (AvgIpc) is 2.95. The van der Waals surface area contributed by atoms with Gasteiger partial charge in [0.15, 0.2) is 0 Å². The second-order valence-corrected chi connectivity index (χ2v) is 5.67. The van der Waals surface area contributed by atoms with Crippen molar-refractivity contribution in [3.8, 4) is 0 Å². The van der Waals surface area contributed by atoms with Crippen molar-refractivity contribution >= 4 is 16.7 Å². The minimum Gasteiger partial charge on any atom is -0.330 e. The summed E-state index contributed by atoms with van der Waals surface area (Å²) >= 11 is 0. The zero-order chi connectivity index (χ0) is 13.9. The van der Waals surface area contributed by atoms with Crippen LogP contribution >= 0.6 is 0 Å². The number of fused-ring (bicyclic) bond motifs is 1. The number of ketones is 1. The third-order valence-electron chi connectivity index (χ3n) is 4.39. The molecule has 0 saturated heterocycles. The summed E-state index contributed by atoms with van der Waals surface area (Å²) in [7, 11) is 0. The zero-order valence-corrected chi connectivity index (χ0v) is 11.6. The second-order valence-electron chi connectivity index (χ2n) is 5.67. The van der Waals surface area contributed by atoms with Crippen LogP contribution in [0.2, 0.25) is 0 Å². The Balaban J connectivity index is 1.77. The lowest BCUT2D eigenvalue weighted by Crippen LogP contribution is -2.26. The Morgan fingerprint density at radius 3 is 2.90 bits per heavy atom. The molecule has 2 N–H and O–H groups in total. The van der Waals surface area contributed by atoms with E-state index in [0.717, 1.165) is 35.9 Å². The van der Waals surface area contributed by atoms with Crippen molar-refractivity contribution in [2.45, 2.75) is 25.7 Å². The van der Waals surface area contributed by atoms with Crippen molar-refractivity contribution in [2.75, 3.05) is 6.54 Å². The van der Waals surface area contributed by atoms with Gasteiger partial charge in [0.1, 0.15) is 5.78 Å². The first-order valence-electron chi connectivity index (χ1n) is 7.35. The molecule has 2 unspecified atom stereocenters. The third-order valence-corrected chi connectivity index (χ3v) is 4.39. The molecule has 0 bridgehead atoms. The van der Waals surface area contributed by atoms with Crippen molar-refractivity contribution in [1.29, 1.82) is 0 Å². The summed E-state index contributed by atoms with van der Waals surface area (Å²) in [5, 5.41) is 1.12. The Kier molecular flexibility index (Phi) is 3.79. The highest BCUT2D eigenvalue weighted by Gasteiger charge is 2.31. The van der Waals surface area contributed by atoms with E-state index in [9.17, 15) is 4.79 Å². The number of benzene rings is 1. The van der Waals surface area contributed by atoms with Gasteiger partial charge in [0.25, 0.3) is 0 Å². The van der Waals surface area contributed by atoms with Crippen LogP contribution in [0, 0.1) is 11.8 Å². The number of carbonyl (C=O) groups is 1. The van der Waals surface area contributed by atoms with Gasteiger partial charge in [-0.1, -0.05) is 30.7 Å². The summed E-state index contributed by atoms with van der Waals surface area (Å²) in [5.41, 5.74) is 7.59. The van der Waals surface area contributed by atoms with Crippen LogP contribution in [0.3, 0.4) is 0 Å². The Hall–Kier alpha value is -1.74. The Bertz CT molecular complexity index is 623. The lowest BCUT2D eigenvalue weighted by molar-refractivity contribution is -0.123. The minimum atomic E-state index is 0.147. The van der Waals surface area contributed by atoms with Gasteiger partial charge in [-0.3, -0.25) is 9.78 Å². The Morgan fingerprint density at radius 1 is 1.20 bits per heavy atom. The predicted molar refractivity (Wildman–Crippen MR) is 80.3 cm³/mol. The topological polar surface area (TPSA) is 56.0 Å². The summed E-state index contributed by atoms with van der Waals surface area (Å²) in [4.78, 5) is 17.0. The van der Waals surface area contributed by atoms with E-state index >= 15 is 0 Å². The summed E-state index contributed by atoms with van der Waals surface area (Å²) < 4.78 is 0. The maximum absolute atomic E-state index is 12.4. The van der Waals surface area contributed by atoms with E-state index in [4.69, 9.17) is 5.73 Å². The average molecular weight is 268 g/mol. The van der Waals surface area contributed by atoms with Crippen molar-refractivity contribution in [3.63, 3.8) is 0 Å². The largest absolute Gasteiger partial charge is 0.330 e. The van der Waals surface area contributed by atoms with Gasteiger partial charge in [0.05, 0.1) is 5.52 Å². The number of carbonyl (C=O) groups excluding carboxylic acids is 1. The number of hydrogen-bond acceptors (Lipinski definition) is 3. The van der Waals surface area contributed by atoms with Crippen LogP contribution in [0.5, 0.6) is 0 Å². The van der Waals surface area contributed by atoms with Crippen molar-refractivity contribution in [2.24, 2.45) is 17.6 Å². The number of pyridine rings is 1. The van der Waals surface area contributed by atoms with Gasteiger partial charge in [-0.25, -0.2) is 0 Å². The smallest absolute Gasteiger partial charge is 0.142 e. The number of hydrogen-bond donors (Lipinski definition) is 1. The van der Waals surface area contributed by atoms with Crippen LogP contribution in [-0.2, 0) is 11.2 Å². The van der Waals surface area contributed by atoms with Crippen LogP contribution < -0.4 is 5.73 Å². The molecule has 1 heterocycles. The van der Waals surface area contributed by atoms with Gasteiger partial charge in [-0.05, 0) is 37.4 Å². The molecule has 1 aliphatic carbocycles. The Labute approximate surface area is 119 Å². The number of nitrogens with zero attached hydrogens (tertiary/aromatic N) is 1. The first-order chi connectivity index (χ1) is 9.78. The van der Waals surface area contributed by atoms with Gasteiger partial charge in [-0.2, -0.15) is 0 Å². The highest BCUT2D eigenvalue weighted by atomic mass is 16.1. The molecule has 1 saturated carbocycles. The number of aromatic nitrogens is 1. The number of rotatable bonds is 4. The lowest BCUT2D eigenvalue weighted by Gasteiger charge is -2.16. The fourth-order valence-corrected chi connectivity index (χ4v) is 3.26. The molecular formula is C17H20N2O. The van der Waals surface area contributed by atoms with Crippen LogP contribution in [0.15, 0.2) is 36.4 Å². The number of Topliss-reactive ketones (excluding diaryl/α,β-unsaturated/α-hetero) is 1. The van der Waals surface area contributed by atoms with Crippen molar-refractivity contribution in [1.82, 2.24) is 4.98 Å². The molecule has 1 fully saturated rings. The summed E-state index contributed by atoms with van der Waals surface area (Å²) in [6.45, 7) is 0.627. The fraction of sp³-hybridized carbons (Fsp3) is 0.412. The quantitative estimate of drug-likeness (QED) is 0.927. The molecule has 20 heavy (non-hydrogen) atoms. The summed E-state index contributed by atoms with van der Waals surface area (Å²) in [5.74, 6) is 0.831. The van der Waals surface area contributed by atoms with E-state index in [1.165, 1.54) is 0 Å². The van der Waals surface area contributed by atoms with Gasteiger partial charge in [-0.15, -0.1) is 0 Å². The molecule has 3 nitrogen and oxygen atoms in total. The first-order valence-corrected chi connectivity index (χ1v) is 7.35. The molecule has 1 aromatic carbocycles. The van der Waals surface area contributed by atoms with Crippen molar-refractivity contribution < 1.29 is 4.79 Å². The van der Waals surface area contributed by atoms with Crippen LogP contribution in [0.4, 0.5) is 0 Å². The number of nitrogens with two attached hydrogens (primary N) is 1. The Morgan fingerprint density at radius 2 is 2.05 bits per heavy atom. The lowest BCUT2D eigenvalue weighted by atomic mass is 9.90. The predicted octanol–water partition coefficient (Wildman–Crippen LogP) is 2.72. The van der Waals surface area contributed by atoms with E-state index in [-0.39, 0.29) is 5.92 Å². The second kappa shape index (κ2) is 5.71. The molecule has 2 aromatic rings. The SMILES string of the molecule is NCC1CCCC1C(=O)Cc1ccc2ccccc2n1. The number of para-hydroxylation sites is 1. The molecule has 3 heteroatoms. The van der Waals surface area contributed by atoms with E-state index < -0.39 is 0 Å². The highest BCUT2D eigenvalue weighted by molar-refractivity contribution is 5.85. The monoisotopic (exact) mass is 268 g/mol. The van der Waals surface area contributed by atoms with E-state index in [0.29, 0.717) is 24.7 Å². The molecule has 0 radical (unpaired) electrons. The summed E-state index contributed by atoms with van der Waals surface area (Å²) in [6, 6.07) is 12.0. The minimum absolute atomic E-state index is 0.147. The van der Waals surface area contributed by atoms with Crippen LogP contribution in [0.25, 0.3) is 10.9 Å². The molecule has 0 aliphatic heterocycles. The molecule has 2 atom stereocenters. The maximum atomic E-state index is 12.4. The van der Waals surface area contributed by atoms with E-state index in [1.807, 2.05) is 36.4 Å². The molecule has 104 valence electrons. The molecule has 1 aromatic heterocycles. The van der Waals surface area contributed by atoms with Gasteiger partial charge >= 0.3 is 0 Å². The van der Waals surface area contributed by atoms with Crippen LogP contribution in [-0.4, -0.2) is 17.3 Å². The fourth-order valence-electron chi connectivity index (χ4n) is 3.26. The van der Waals surface area contributed by atoms with Gasteiger partial charge in [0, 0.05) is 23.4 Å². The maximum Gasteiger partial charge on any atom is 0.142 e. The first kappa shape index (κ1) is 13.3. The summed E-state index contributed by atoms with van der Waals surface area (Å²) in [6.07, 6.45) is 3.65. The van der Waals surface area contributed by atoms with Crippen LogP contribution in [0.1, 0.15) is 25.0 Å². The molecule has 0 amide bonds. The molecule has 1 aliphatic rings. The zero-order valence-electron chi connectivity index (χ0n) is 11.6. The molecule has 0 spiro atoms. The van der Waals surface area contributed by atoms with Gasteiger partial charge in [0.2, 0.25) is 0 Å².